The van der Waals surface area contributed by atoms with Gasteiger partial charge in [-0.25, -0.2) is 0 Å². The van der Waals surface area contributed by atoms with Crippen LogP contribution in [0.15, 0.2) is 36.4 Å². The number of likely N-dealkylation sites (N-methyl/N-ethyl adjacent to an activating group) is 1. The zero-order valence-corrected chi connectivity index (χ0v) is 9.58. The fourth-order valence-electron chi connectivity index (χ4n) is 1.52. The van der Waals surface area contributed by atoms with E-state index in [2.05, 4.69) is 6.58 Å². The second kappa shape index (κ2) is 4.78. The number of nitrogens with zero attached hydrogens (tertiary/aromatic N) is 1. The molecule has 1 amide bonds. The van der Waals surface area contributed by atoms with Crippen LogP contribution in [0.5, 0.6) is 0 Å². The van der Waals surface area contributed by atoms with Gasteiger partial charge in [-0.3, -0.25) is 4.79 Å². The van der Waals surface area contributed by atoms with Gasteiger partial charge in [-0.15, -0.1) is 0 Å². The summed E-state index contributed by atoms with van der Waals surface area (Å²) in [5.74, 6) is -0.00759. The summed E-state index contributed by atoms with van der Waals surface area (Å²) < 4.78 is 0. The summed E-state index contributed by atoms with van der Waals surface area (Å²) in [6, 6.07) is 7.87. The van der Waals surface area contributed by atoms with Crippen molar-refractivity contribution >= 4 is 11.6 Å². The van der Waals surface area contributed by atoms with Crippen molar-refractivity contribution in [1.82, 2.24) is 0 Å². The maximum absolute atomic E-state index is 11.9. The van der Waals surface area contributed by atoms with E-state index in [1.54, 1.807) is 11.8 Å². The van der Waals surface area contributed by atoms with Crippen LogP contribution in [0.3, 0.4) is 0 Å². The molecule has 0 aliphatic heterocycles. The quantitative estimate of drug-likeness (QED) is 0.692. The summed E-state index contributed by atoms with van der Waals surface area (Å²) in [5.41, 5.74) is 2.64. The predicted molar refractivity (Wildman–Crippen MR) is 64.0 cm³/mol. The highest BCUT2D eigenvalue weighted by Crippen LogP contribution is 2.20. The van der Waals surface area contributed by atoms with Crippen molar-refractivity contribution in [3.8, 4) is 0 Å². The van der Waals surface area contributed by atoms with Gasteiger partial charge in [-0.2, -0.15) is 0 Å². The second-order valence-corrected chi connectivity index (χ2v) is 3.62. The molecule has 1 aromatic rings. The lowest BCUT2D eigenvalue weighted by Crippen LogP contribution is -2.31. The van der Waals surface area contributed by atoms with Gasteiger partial charge in [-0.1, -0.05) is 24.8 Å². The van der Waals surface area contributed by atoms with Crippen molar-refractivity contribution in [3.05, 3.63) is 42.0 Å². The number of aryl methyl sites for hydroxylation is 1. The molecule has 0 bridgehead atoms. The summed E-state index contributed by atoms with van der Waals surface area (Å²) in [5, 5.41) is 0. The van der Waals surface area contributed by atoms with Crippen LogP contribution in [0.25, 0.3) is 0 Å². The molecular formula is C13H17NO. The van der Waals surface area contributed by atoms with Gasteiger partial charge < -0.3 is 4.90 Å². The molecule has 2 nitrogen and oxygen atoms in total. The van der Waals surface area contributed by atoms with E-state index in [-0.39, 0.29) is 5.91 Å². The molecule has 0 fully saturated rings. The van der Waals surface area contributed by atoms with E-state index in [4.69, 9.17) is 0 Å². The average Bonchev–Trinajstić information content (AvgIpc) is 2.21. The van der Waals surface area contributed by atoms with Gasteiger partial charge in [-0.05, 0) is 32.4 Å². The van der Waals surface area contributed by atoms with Gasteiger partial charge >= 0.3 is 0 Å². The molecule has 0 unspecified atom stereocenters. The molecule has 0 saturated heterocycles. The first-order valence-electron chi connectivity index (χ1n) is 5.11. The van der Waals surface area contributed by atoms with Crippen LogP contribution in [-0.2, 0) is 4.79 Å². The van der Waals surface area contributed by atoms with Gasteiger partial charge in [0.2, 0.25) is 0 Å². The number of rotatable bonds is 3. The van der Waals surface area contributed by atoms with Crippen molar-refractivity contribution in [2.75, 3.05) is 11.4 Å². The normalized spacial score (nSPS) is 9.80. The first-order valence-corrected chi connectivity index (χ1v) is 5.11. The summed E-state index contributed by atoms with van der Waals surface area (Å²) in [7, 11) is 0. The summed E-state index contributed by atoms with van der Waals surface area (Å²) >= 11 is 0. The molecule has 0 radical (unpaired) electrons. The first kappa shape index (κ1) is 11.5. The lowest BCUT2D eigenvalue weighted by Gasteiger charge is -2.22. The topological polar surface area (TPSA) is 20.3 Å². The Balaban J connectivity index is 3.08. The molecule has 0 atom stereocenters. The van der Waals surface area contributed by atoms with Crippen molar-refractivity contribution in [1.29, 1.82) is 0 Å². The van der Waals surface area contributed by atoms with Crippen LogP contribution in [0.4, 0.5) is 5.69 Å². The van der Waals surface area contributed by atoms with Crippen LogP contribution in [0.2, 0.25) is 0 Å². The van der Waals surface area contributed by atoms with Gasteiger partial charge in [0.15, 0.2) is 0 Å². The first-order chi connectivity index (χ1) is 7.07. The standard InChI is InChI=1S/C13H17NO/c1-5-14(13(15)10(2)3)12-9-7-6-8-11(12)4/h6-9H,2,5H2,1,3-4H3. The number of para-hydroxylation sites is 1. The minimum absolute atomic E-state index is 0.00759. The van der Waals surface area contributed by atoms with Crippen LogP contribution in [0.1, 0.15) is 19.4 Å². The zero-order chi connectivity index (χ0) is 11.4. The molecule has 2 heteroatoms. The highest BCUT2D eigenvalue weighted by Gasteiger charge is 2.15. The minimum atomic E-state index is -0.00759. The lowest BCUT2D eigenvalue weighted by molar-refractivity contribution is -0.115. The zero-order valence-electron chi connectivity index (χ0n) is 9.58. The average molecular weight is 203 g/mol. The molecule has 15 heavy (non-hydrogen) atoms. The Hall–Kier alpha value is -1.57. The maximum atomic E-state index is 11.9. The number of amides is 1. The van der Waals surface area contributed by atoms with E-state index in [0.29, 0.717) is 12.1 Å². The van der Waals surface area contributed by atoms with Crippen molar-refractivity contribution < 1.29 is 4.79 Å². The monoisotopic (exact) mass is 203 g/mol. The van der Waals surface area contributed by atoms with Crippen LogP contribution in [0, 0.1) is 6.92 Å². The van der Waals surface area contributed by atoms with Gasteiger partial charge in [0.05, 0.1) is 0 Å². The summed E-state index contributed by atoms with van der Waals surface area (Å²) in [6.07, 6.45) is 0. The Morgan fingerprint density at radius 2 is 2.00 bits per heavy atom. The third-order valence-corrected chi connectivity index (χ3v) is 2.33. The number of hydrogen-bond acceptors (Lipinski definition) is 1. The summed E-state index contributed by atoms with van der Waals surface area (Å²) in [6.45, 7) is 10.1. The molecule has 1 aromatic carbocycles. The fraction of sp³-hybridized carbons (Fsp3) is 0.308. The van der Waals surface area contributed by atoms with Crippen molar-refractivity contribution in [2.45, 2.75) is 20.8 Å². The number of anilines is 1. The minimum Gasteiger partial charge on any atom is -0.309 e. The molecule has 0 heterocycles. The van der Waals surface area contributed by atoms with Gasteiger partial charge in [0.1, 0.15) is 0 Å². The molecule has 0 saturated carbocycles. The van der Waals surface area contributed by atoms with Crippen molar-refractivity contribution in [3.63, 3.8) is 0 Å². The smallest absolute Gasteiger partial charge is 0.253 e. The largest absolute Gasteiger partial charge is 0.309 e. The van der Waals surface area contributed by atoms with Crippen LogP contribution in [-0.4, -0.2) is 12.5 Å². The second-order valence-electron chi connectivity index (χ2n) is 3.62. The number of carbonyl (C=O) groups excluding carboxylic acids is 1. The fourth-order valence-corrected chi connectivity index (χ4v) is 1.52. The molecule has 0 aliphatic rings. The van der Waals surface area contributed by atoms with E-state index in [0.717, 1.165) is 11.3 Å². The number of benzene rings is 1. The Morgan fingerprint density at radius 3 is 2.47 bits per heavy atom. The van der Waals surface area contributed by atoms with Crippen molar-refractivity contribution in [2.24, 2.45) is 0 Å². The molecule has 0 aromatic heterocycles. The molecule has 1 rings (SSSR count). The third kappa shape index (κ3) is 2.46. The summed E-state index contributed by atoms with van der Waals surface area (Å²) in [4.78, 5) is 13.6. The third-order valence-electron chi connectivity index (χ3n) is 2.33. The van der Waals surface area contributed by atoms with Crippen LogP contribution >= 0.6 is 0 Å². The highest BCUT2D eigenvalue weighted by molar-refractivity contribution is 6.05. The Labute approximate surface area is 91.2 Å². The number of carbonyl (C=O) groups is 1. The van der Waals surface area contributed by atoms with E-state index in [1.807, 2.05) is 38.1 Å². The number of hydrogen-bond donors (Lipinski definition) is 0. The molecule has 0 spiro atoms. The predicted octanol–water partition coefficient (Wildman–Crippen LogP) is 2.92. The lowest BCUT2D eigenvalue weighted by atomic mass is 10.1. The van der Waals surface area contributed by atoms with E-state index in [1.165, 1.54) is 0 Å². The molecule has 0 N–H and O–H groups in total. The molecule has 0 aliphatic carbocycles. The van der Waals surface area contributed by atoms with Gasteiger partial charge in [0, 0.05) is 17.8 Å². The van der Waals surface area contributed by atoms with E-state index < -0.39 is 0 Å². The maximum Gasteiger partial charge on any atom is 0.253 e. The van der Waals surface area contributed by atoms with E-state index >= 15 is 0 Å². The van der Waals surface area contributed by atoms with Gasteiger partial charge in [0.25, 0.3) is 5.91 Å². The SMILES string of the molecule is C=C(C)C(=O)N(CC)c1ccccc1C. The Morgan fingerprint density at radius 1 is 1.40 bits per heavy atom. The van der Waals surface area contributed by atoms with Crippen LogP contribution < -0.4 is 4.90 Å². The molecular weight excluding hydrogens is 186 g/mol. The van der Waals surface area contributed by atoms with E-state index in [9.17, 15) is 4.79 Å². The Kier molecular flexibility index (Phi) is 3.67. The highest BCUT2D eigenvalue weighted by atomic mass is 16.2. The Bertz CT molecular complexity index is 382. The molecule has 80 valence electrons.